The Morgan fingerprint density at radius 2 is 1.89 bits per heavy atom. The third-order valence-electron chi connectivity index (χ3n) is 5.82. The number of H-pyrrole nitrogens is 1. The van der Waals surface area contributed by atoms with Crippen LogP contribution in [0.4, 0.5) is 4.39 Å². The molecule has 0 atom stereocenters. The summed E-state index contributed by atoms with van der Waals surface area (Å²) in [4.78, 5) is 19.4. The van der Waals surface area contributed by atoms with Crippen molar-refractivity contribution in [3.63, 3.8) is 0 Å². The van der Waals surface area contributed by atoms with Crippen molar-refractivity contribution in [3.8, 4) is 0 Å². The Bertz CT molecular complexity index is 1420. The van der Waals surface area contributed by atoms with Gasteiger partial charge in [0, 0.05) is 42.0 Å². The lowest BCUT2D eigenvalue weighted by molar-refractivity contribution is -0.140. The summed E-state index contributed by atoms with van der Waals surface area (Å²) < 4.78 is 45.8. The Hall–Kier alpha value is -3.56. The zero-order valence-electron chi connectivity index (χ0n) is 19.3. The molecule has 0 saturated heterocycles. The number of methoxy groups -OCH3 is 1. The quantitative estimate of drug-likeness (QED) is 0.325. The first-order valence-electron chi connectivity index (χ1n) is 11.2. The normalized spacial score (nSPS) is 11.6. The molecule has 0 aliphatic carbocycles. The molecule has 0 radical (unpaired) electrons. The van der Waals surface area contributed by atoms with E-state index in [1.165, 1.54) is 19.2 Å². The van der Waals surface area contributed by atoms with Crippen LogP contribution in [0.1, 0.15) is 28.8 Å². The van der Waals surface area contributed by atoms with E-state index in [4.69, 9.17) is 4.74 Å². The van der Waals surface area contributed by atoms with Gasteiger partial charge in [0.2, 0.25) is 10.0 Å². The van der Waals surface area contributed by atoms with Gasteiger partial charge in [-0.25, -0.2) is 17.5 Å². The van der Waals surface area contributed by atoms with E-state index >= 15 is 0 Å². The SMILES string of the molecule is COC(=O)CCc1[nH]c2cccc(CCNS(=O)(=O)c3ccc(F)cc3)c2c1Cc1cccnc1. The molecule has 0 spiro atoms. The summed E-state index contributed by atoms with van der Waals surface area (Å²) in [5.41, 5.74) is 4.91. The number of aromatic nitrogens is 2. The van der Waals surface area contributed by atoms with Crippen LogP contribution < -0.4 is 4.72 Å². The number of hydrogen-bond donors (Lipinski definition) is 2. The summed E-state index contributed by atoms with van der Waals surface area (Å²) in [6.45, 7) is 0.174. The van der Waals surface area contributed by atoms with Crippen molar-refractivity contribution >= 4 is 26.9 Å². The fourth-order valence-corrected chi connectivity index (χ4v) is 5.15. The molecule has 2 aromatic heterocycles. The molecule has 4 rings (SSSR count). The molecular formula is C26H26FN3O4S. The molecule has 2 aromatic carbocycles. The number of carbonyl (C=O) groups excluding carboxylic acids is 1. The molecule has 9 heteroatoms. The smallest absolute Gasteiger partial charge is 0.305 e. The van der Waals surface area contributed by atoms with E-state index in [9.17, 15) is 17.6 Å². The maximum Gasteiger partial charge on any atom is 0.305 e. The lowest BCUT2D eigenvalue weighted by atomic mass is 9.96. The summed E-state index contributed by atoms with van der Waals surface area (Å²) in [7, 11) is -2.39. The summed E-state index contributed by atoms with van der Waals surface area (Å²) in [6, 6.07) is 14.5. The maximum absolute atomic E-state index is 13.2. The van der Waals surface area contributed by atoms with Gasteiger partial charge in [-0.1, -0.05) is 18.2 Å². The molecule has 4 aromatic rings. The zero-order chi connectivity index (χ0) is 24.8. The first-order chi connectivity index (χ1) is 16.9. The highest BCUT2D eigenvalue weighted by atomic mass is 32.2. The van der Waals surface area contributed by atoms with E-state index in [1.54, 1.807) is 6.20 Å². The number of sulfonamides is 1. The van der Waals surface area contributed by atoms with E-state index in [2.05, 4.69) is 14.7 Å². The minimum Gasteiger partial charge on any atom is -0.469 e. The first kappa shape index (κ1) is 24.6. The average Bonchev–Trinajstić information content (AvgIpc) is 3.21. The predicted octanol–water partition coefficient (Wildman–Crippen LogP) is 3.92. The van der Waals surface area contributed by atoms with Crippen LogP contribution >= 0.6 is 0 Å². The Morgan fingerprint density at radius 1 is 1.09 bits per heavy atom. The van der Waals surface area contributed by atoms with Gasteiger partial charge in [0.25, 0.3) is 0 Å². The Morgan fingerprint density at radius 3 is 2.60 bits per heavy atom. The fraction of sp³-hybridized carbons (Fsp3) is 0.231. The molecule has 7 nitrogen and oxygen atoms in total. The molecule has 0 aliphatic rings. The molecule has 0 amide bonds. The molecular weight excluding hydrogens is 469 g/mol. The molecule has 0 saturated carbocycles. The minimum atomic E-state index is -3.76. The van der Waals surface area contributed by atoms with Crippen molar-refractivity contribution in [2.45, 2.75) is 30.6 Å². The van der Waals surface area contributed by atoms with Gasteiger partial charge in [-0.05, 0) is 65.9 Å². The van der Waals surface area contributed by atoms with Crippen molar-refractivity contribution in [2.24, 2.45) is 0 Å². The monoisotopic (exact) mass is 495 g/mol. The van der Waals surface area contributed by atoms with Gasteiger partial charge in [0.15, 0.2) is 0 Å². The number of esters is 1. The van der Waals surface area contributed by atoms with Gasteiger partial charge in [-0.2, -0.15) is 0 Å². The van der Waals surface area contributed by atoms with Crippen LogP contribution in [0.2, 0.25) is 0 Å². The van der Waals surface area contributed by atoms with E-state index in [-0.39, 0.29) is 23.8 Å². The third-order valence-corrected chi connectivity index (χ3v) is 7.30. The molecule has 0 aliphatic heterocycles. The number of rotatable bonds is 10. The number of halogens is 1. The van der Waals surface area contributed by atoms with Crippen LogP contribution in [0.3, 0.4) is 0 Å². The molecule has 182 valence electrons. The van der Waals surface area contributed by atoms with Crippen molar-refractivity contribution in [2.75, 3.05) is 13.7 Å². The molecule has 2 N–H and O–H groups in total. The van der Waals surface area contributed by atoms with Gasteiger partial charge < -0.3 is 9.72 Å². The summed E-state index contributed by atoms with van der Waals surface area (Å²) in [6.07, 6.45) is 5.33. The van der Waals surface area contributed by atoms with Crippen LogP contribution in [0.15, 0.2) is 71.9 Å². The van der Waals surface area contributed by atoms with E-state index < -0.39 is 15.8 Å². The van der Waals surface area contributed by atoms with Gasteiger partial charge in [-0.15, -0.1) is 0 Å². The van der Waals surface area contributed by atoms with Gasteiger partial charge in [-0.3, -0.25) is 9.78 Å². The largest absolute Gasteiger partial charge is 0.469 e. The van der Waals surface area contributed by atoms with Gasteiger partial charge in [0.1, 0.15) is 5.82 Å². The zero-order valence-corrected chi connectivity index (χ0v) is 20.1. The number of aromatic amines is 1. The maximum atomic E-state index is 13.2. The standard InChI is InChI=1S/C26H26FN3O4S/c1-34-25(31)12-11-23-22(16-18-4-3-14-28-17-18)26-19(5-2-6-24(26)30-23)13-15-29-35(32,33)21-9-7-20(27)8-10-21/h2-10,14,17,29-30H,11-13,15-16H2,1H3. The lowest BCUT2D eigenvalue weighted by Crippen LogP contribution is -2.26. The predicted molar refractivity (Wildman–Crippen MR) is 131 cm³/mol. The Balaban J connectivity index is 1.61. The van der Waals surface area contributed by atoms with Crippen LogP contribution in [0, 0.1) is 5.82 Å². The molecule has 0 bridgehead atoms. The number of hydrogen-bond acceptors (Lipinski definition) is 5. The summed E-state index contributed by atoms with van der Waals surface area (Å²) >= 11 is 0. The second-order valence-electron chi connectivity index (χ2n) is 8.14. The van der Waals surface area contributed by atoms with Crippen molar-refractivity contribution in [3.05, 3.63) is 95.2 Å². The highest BCUT2D eigenvalue weighted by Crippen LogP contribution is 2.29. The van der Waals surface area contributed by atoms with Crippen LogP contribution in [0.25, 0.3) is 10.9 Å². The average molecular weight is 496 g/mol. The molecule has 0 fully saturated rings. The Kier molecular flexibility index (Phi) is 7.57. The minimum absolute atomic E-state index is 0.0149. The Labute approximate surface area is 203 Å². The van der Waals surface area contributed by atoms with Gasteiger partial charge >= 0.3 is 5.97 Å². The second kappa shape index (κ2) is 10.8. The number of fused-ring (bicyclic) bond motifs is 1. The fourth-order valence-electron chi connectivity index (χ4n) is 4.12. The number of aryl methyl sites for hydroxylation is 1. The highest BCUT2D eigenvalue weighted by Gasteiger charge is 2.18. The van der Waals surface area contributed by atoms with Crippen molar-refractivity contribution in [1.82, 2.24) is 14.7 Å². The first-order valence-corrected chi connectivity index (χ1v) is 12.7. The second-order valence-corrected chi connectivity index (χ2v) is 9.90. The van der Waals surface area contributed by atoms with Crippen molar-refractivity contribution < 1.29 is 22.3 Å². The number of pyridine rings is 1. The lowest BCUT2D eigenvalue weighted by Gasteiger charge is -2.10. The van der Waals surface area contributed by atoms with Crippen molar-refractivity contribution in [1.29, 1.82) is 0 Å². The van der Waals surface area contributed by atoms with Gasteiger partial charge in [0.05, 0.1) is 18.4 Å². The molecule has 35 heavy (non-hydrogen) atoms. The number of carbonyl (C=O) groups is 1. The topological polar surface area (TPSA) is 101 Å². The van der Waals surface area contributed by atoms with E-state index in [0.29, 0.717) is 19.3 Å². The molecule has 0 unspecified atom stereocenters. The number of benzene rings is 2. The summed E-state index contributed by atoms with van der Waals surface area (Å²) in [5, 5.41) is 1.01. The third kappa shape index (κ3) is 5.93. The van der Waals surface area contributed by atoms with E-state index in [1.807, 2.05) is 36.5 Å². The molecule has 2 heterocycles. The van der Waals surface area contributed by atoms with Crippen LogP contribution in [-0.2, 0) is 38.8 Å². The van der Waals surface area contributed by atoms with Crippen LogP contribution in [-0.4, -0.2) is 38.0 Å². The summed E-state index contributed by atoms with van der Waals surface area (Å²) in [5.74, 6) is -0.779. The number of nitrogens with one attached hydrogen (secondary N) is 2. The van der Waals surface area contributed by atoms with E-state index in [0.717, 1.165) is 45.4 Å². The number of nitrogens with zero attached hydrogens (tertiary/aromatic N) is 1. The van der Waals surface area contributed by atoms with Crippen LogP contribution in [0.5, 0.6) is 0 Å². The number of ether oxygens (including phenoxy) is 1. The highest BCUT2D eigenvalue weighted by molar-refractivity contribution is 7.89.